The van der Waals surface area contributed by atoms with E-state index in [0.717, 1.165) is 36.1 Å². The minimum atomic E-state index is -0.224. The van der Waals surface area contributed by atoms with Gasteiger partial charge in [0.2, 0.25) is 0 Å². The van der Waals surface area contributed by atoms with Crippen LogP contribution >= 0.6 is 0 Å². The molecule has 0 atom stereocenters. The van der Waals surface area contributed by atoms with Crippen molar-refractivity contribution in [1.29, 1.82) is 0 Å². The summed E-state index contributed by atoms with van der Waals surface area (Å²) >= 11 is 0. The van der Waals surface area contributed by atoms with Gasteiger partial charge in [0.1, 0.15) is 11.6 Å². The van der Waals surface area contributed by atoms with E-state index in [1.807, 2.05) is 11.6 Å². The summed E-state index contributed by atoms with van der Waals surface area (Å²) < 4.78 is 15.1. The van der Waals surface area contributed by atoms with E-state index in [0.29, 0.717) is 0 Å². The van der Waals surface area contributed by atoms with Crippen molar-refractivity contribution < 1.29 is 4.39 Å². The fraction of sp³-hybridized carbons (Fsp3) is 0.462. The second-order valence-corrected chi connectivity index (χ2v) is 5.11. The van der Waals surface area contributed by atoms with Gasteiger partial charge < -0.3 is 10.3 Å². The van der Waals surface area contributed by atoms with Gasteiger partial charge in [-0.25, -0.2) is 9.37 Å². The Morgan fingerprint density at radius 3 is 2.88 bits per heavy atom. The molecule has 3 rings (SSSR count). The third-order valence-electron chi connectivity index (χ3n) is 3.80. The van der Waals surface area contributed by atoms with Crippen molar-refractivity contribution in [2.75, 3.05) is 0 Å². The maximum absolute atomic E-state index is 13.2. The van der Waals surface area contributed by atoms with E-state index in [1.165, 1.54) is 18.6 Å². The lowest BCUT2D eigenvalue weighted by molar-refractivity contribution is 0.242. The summed E-state index contributed by atoms with van der Waals surface area (Å²) in [6.45, 7) is 0. The molecule has 3 nitrogen and oxygen atoms in total. The van der Waals surface area contributed by atoms with E-state index >= 15 is 0 Å². The Hall–Kier alpha value is -1.42. The molecule has 0 unspecified atom stereocenters. The number of aromatic nitrogens is 2. The van der Waals surface area contributed by atoms with Gasteiger partial charge in [0.25, 0.3) is 0 Å². The number of hydrogen-bond acceptors (Lipinski definition) is 2. The van der Waals surface area contributed by atoms with Crippen molar-refractivity contribution in [3.63, 3.8) is 0 Å². The Morgan fingerprint density at radius 1 is 1.47 bits per heavy atom. The van der Waals surface area contributed by atoms with Crippen LogP contribution in [0.1, 0.15) is 25.1 Å². The monoisotopic (exact) mass is 233 g/mol. The molecule has 1 aliphatic carbocycles. The number of rotatable bonds is 2. The van der Waals surface area contributed by atoms with E-state index in [1.54, 1.807) is 6.07 Å². The Kier molecular flexibility index (Phi) is 2.23. The number of fused-ring (bicyclic) bond motifs is 1. The van der Waals surface area contributed by atoms with Crippen LogP contribution in [0, 0.1) is 5.82 Å². The Morgan fingerprint density at radius 2 is 2.24 bits per heavy atom. The summed E-state index contributed by atoms with van der Waals surface area (Å²) in [5.41, 5.74) is 7.81. The molecule has 2 N–H and O–H groups in total. The second-order valence-electron chi connectivity index (χ2n) is 5.11. The summed E-state index contributed by atoms with van der Waals surface area (Å²) in [5, 5.41) is 0. The highest BCUT2D eigenvalue weighted by Crippen LogP contribution is 2.32. The van der Waals surface area contributed by atoms with Crippen LogP contribution < -0.4 is 5.73 Å². The number of benzene rings is 1. The number of nitrogens with zero attached hydrogens (tertiary/aromatic N) is 2. The molecule has 0 saturated heterocycles. The third-order valence-corrected chi connectivity index (χ3v) is 3.80. The van der Waals surface area contributed by atoms with Crippen LogP contribution in [0.4, 0.5) is 4.39 Å². The predicted octanol–water partition coefficient (Wildman–Crippen LogP) is 2.14. The zero-order valence-electron chi connectivity index (χ0n) is 9.91. The zero-order valence-corrected chi connectivity index (χ0v) is 9.91. The first kappa shape index (κ1) is 10.7. The molecule has 1 aliphatic rings. The molecule has 0 aliphatic heterocycles. The number of nitrogens with two attached hydrogens (primary N) is 1. The molecule has 0 radical (unpaired) electrons. The molecule has 1 saturated carbocycles. The molecular weight excluding hydrogens is 217 g/mol. The molecule has 4 heteroatoms. The second kappa shape index (κ2) is 3.53. The van der Waals surface area contributed by atoms with Crippen LogP contribution in [0.2, 0.25) is 0 Å². The maximum atomic E-state index is 13.2. The average Bonchev–Trinajstić information content (AvgIpc) is 2.54. The molecule has 0 bridgehead atoms. The average molecular weight is 233 g/mol. The lowest BCUT2D eigenvalue weighted by Gasteiger charge is -2.37. The van der Waals surface area contributed by atoms with Gasteiger partial charge in [-0.2, -0.15) is 0 Å². The maximum Gasteiger partial charge on any atom is 0.125 e. The normalized spacial score (nSPS) is 18.3. The summed E-state index contributed by atoms with van der Waals surface area (Å²) in [4.78, 5) is 4.54. The quantitative estimate of drug-likeness (QED) is 0.863. The van der Waals surface area contributed by atoms with E-state index in [2.05, 4.69) is 4.98 Å². The fourth-order valence-corrected chi connectivity index (χ4v) is 2.49. The van der Waals surface area contributed by atoms with E-state index in [9.17, 15) is 4.39 Å². The van der Waals surface area contributed by atoms with Crippen LogP contribution in [0.5, 0.6) is 0 Å². The molecule has 1 heterocycles. The number of aryl methyl sites for hydroxylation is 1. The summed E-state index contributed by atoms with van der Waals surface area (Å²) in [6, 6.07) is 4.69. The van der Waals surface area contributed by atoms with Crippen molar-refractivity contribution in [3.05, 3.63) is 29.8 Å². The van der Waals surface area contributed by atoms with Gasteiger partial charge in [-0.05, 0) is 37.5 Å². The molecule has 90 valence electrons. The Bertz CT molecular complexity index is 569. The van der Waals surface area contributed by atoms with E-state index in [-0.39, 0.29) is 11.4 Å². The summed E-state index contributed by atoms with van der Waals surface area (Å²) in [6.07, 6.45) is 4.10. The Balaban J connectivity index is 2.02. The van der Waals surface area contributed by atoms with Crippen LogP contribution in [-0.4, -0.2) is 15.1 Å². The van der Waals surface area contributed by atoms with Crippen LogP contribution in [0.25, 0.3) is 11.0 Å². The minimum absolute atomic E-state index is 0.0896. The van der Waals surface area contributed by atoms with Crippen LogP contribution in [0.3, 0.4) is 0 Å². The molecule has 0 spiro atoms. The SMILES string of the molecule is Cn1c(CC2(N)CCC2)nc2ccc(F)cc21. The highest BCUT2D eigenvalue weighted by Gasteiger charge is 2.34. The van der Waals surface area contributed by atoms with Crippen molar-refractivity contribution in [2.24, 2.45) is 12.8 Å². The van der Waals surface area contributed by atoms with Gasteiger partial charge in [0.05, 0.1) is 11.0 Å². The van der Waals surface area contributed by atoms with Crippen LogP contribution in [-0.2, 0) is 13.5 Å². The topological polar surface area (TPSA) is 43.8 Å². The lowest BCUT2D eigenvalue weighted by atomic mass is 9.75. The standard InChI is InChI=1S/C13H16FN3/c1-17-11-7-9(14)3-4-10(11)16-12(17)8-13(15)5-2-6-13/h3-4,7H,2,5-6,8,15H2,1H3. The number of imidazole rings is 1. The molecule has 1 fully saturated rings. The van der Waals surface area contributed by atoms with Gasteiger partial charge in [-0.3, -0.25) is 0 Å². The van der Waals surface area contributed by atoms with Crippen molar-refractivity contribution in [3.8, 4) is 0 Å². The molecule has 1 aromatic carbocycles. The molecule has 17 heavy (non-hydrogen) atoms. The van der Waals surface area contributed by atoms with Crippen molar-refractivity contribution in [1.82, 2.24) is 9.55 Å². The van der Waals surface area contributed by atoms with Gasteiger partial charge in [-0.15, -0.1) is 0 Å². The first-order valence-electron chi connectivity index (χ1n) is 5.97. The molecular formula is C13H16FN3. The van der Waals surface area contributed by atoms with E-state index < -0.39 is 0 Å². The van der Waals surface area contributed by atoms with Gasteiger partial charge in [0.15, 0.2) is 0 Å². The smallest absolute Gasteiger partial charge is 0.125 e. The zero-order chi connectivity index (χ0) is 12.0. The van der Waals surface area contributed by atoms with Gasteiger partial charge >= 0.3 is 0 Å². The summed E-state index contributed by atoms with van der Waals surface area (Å²) in [7, 11) is 1.92. The third kappa shape index (κ3) is 1.72. The predicted molar refractivity (Wildman–Crippen MR) is 65.1 cm³/mol. The number of halogens is 1. The minimum Gasteiger partial charge on any atom is -0.331 e. The molecule has 1 aromatic heterocycles. The largest absolute Gasteiger partial charge is 0.331 e. The lowest BCUT2D eigenvalue weighted by Crippen LogP contribution is -2.48. The fourth-order valence-electron chi connectivity index (χ4n) is 2.49. The highest BCUT2D eigenvalue weighted by atomic mass is 19.1. The Labute approximate surface area is 99.4 Å². The first-order chi connectivity index (χ1) is 8.07. The van der Waals surface area contributed by atoms with Gasteiger partial charge in [0, 0.05) is 19.0 Å². The molecule has 0 amide bonds. The van der Waals surface area contributed by atoms with E-state index in [4.69, 9.17) is 5.73 Å². The number of hydrogen-bond donors (Lipinski definition) is 1. The van der Waals surface area contributed by atoms with Crippen molar-refractivity contribution in [2.45, 2.75) is 31.2 Å². The summed E-state index contributed by atoms with van der Waals surface area (Å²) in [5.74, 6) is 0.728. The first-order valence-corrected chi connectivity index (χ1v) is 5.97. The molecule has 2 aromatic rings. The van der Waals surface area contributed by atoms with Crippen molar-refractivity contribution >= 4 is 11.0 Å². The van der Waals surface area contributed by atoms with Gasteiger partial charge in [-0.1, -0.05) is 0 Å². The highest BCUT2D eigenvalue weighted by molar-refractivity contribution is 5.76. The van der Waals surface area contributed by atoms with Crippen LogP contribution in [0.15, 0.2) is 18.2 Å².